The van der Waals surface area contributed by atoms with Crippen LogP contribution in [0.15, 0.2) is 18.2 Å². The zero-order valence-electron chi connectivity index (χ0n) is 14.6. The van der Waals surface area contributed by atoms with Gasteiger partial charge in [0.1, 0.15) is 12.4 Å². The summed E-state index contributed by atoms with van der Waals surface area (Å²) in [5, 5.41) is 0.993. The lowest BCUT2D eigenvalue weighted by molar-refractivity contribution is 0.181. The number of benzene rings is 1. The lowest BCUT2D eigenvalue weighted by atomic mass is 9.97. The average Bonchev–Trinajstić information content (AvgIpc) is 3.22. The molecule has 0 saturated carbocycles. The normalized spacial score (nSPS) is 17.2. The molecular weight excluding hydrogens is 336 g/mol. The third-order valence-corrected chi connectivity index (χ3v) is 5.43. The van der Waals surface area contributed by atoms with Crippen molar-refractivity contribution in [2.45, 2.75) is 33.2 Å². The fourth-order valence-corrected chi connectivity index (χ4v) is 4.16. The van der Waals surface area contributed by atoms with Gasteiger partial charge in [0, 0.05) is 31.0 Å². The van der Waals surface area contributed by atoms with Gasteiger partial charge in [-0.2, -0.15) is 4.37 Å². The SMILES string of the molecule is CC(C)Cc1nsc(N2CCc3c(cccc3N3CCOC3=O)C2)n1. The fraction of sp³-hybridized carbons (Fsp3) is 0.500. The molecule has 1 aromatic carbocycles. The number of amides is 1. The highest BCUT2D eigenvalue weighted by Gasteiger charge is 2.29. The van der Waals surface area contributed by atoms with Crippen LogP contribution < -0.4 is 9.80 Å². The predicted molar refractivity (Wildman–Crippen MR) is 98.3 cm³/mol. The van der Waals surface area contributed by atoms with E-state index in [0.29, 0.717) is 19.1 Å². The van der Waals surface area contributed by atoms with E-state index in [1.165, 1.54) is 22.7 Å². The third-order valence-electron chi connectivity index (χ3n) is 4.61. The van der Waals surface area contributed by atoms with E-state index in [9.17, 15) is 4.79 Å². The quantitative estimate of drug-likeness (QED) is 0.840. The van der Waals surface area contributed by atoms with Gasteiger partial charge in [0.15, 0.2) is 0 Å². The molecule has 1 fully saturated rings. The first-order chi connectivity index (χ1) is 12.1. The number of anilines is 2. The summed E-state index contributed by atoms with van der Waals surface area (Å²) in [6, 6.07) is 6.18. The number of hydrogen-bond donors (Lipinski definition) is 0. The summed E-state index contributed by atoms with van der Waals surface area (Å²) in [6.45, 7) is 7.17. The monoisotopic (exact) mass is 358 g/mol. The molecule has 7 heteroatoms. The Labute approximate surface area is 151 Å². The van der Waals surface area contributed by atoms with E-state index in [2.05, 4.69) is 29.2 Å². The standard InChI is InChI=1S/C18H22N4O2S/c1-12(2)10-16-19-17(25-20-16)21-7-6-14-13(11-21)4-3-5-15(14)22-8-9-24-18(22)23/h3-5,12H,6-11H2,1-2H3. The molecule has 4 rings (SSSR count). The Morgan fingerprint density at radius 1 is 1.32 bits per heavy atom. The van der Waals surface area contributed by atoms with Gasteiger partial charge in [-0.15, -0.1) is 0 Å². The van der Waals surface area contributed by atoms with Crippen molar-refractivity contribution in [1.82, 2.24) is 9.36 Å². The number of nitrogens with zero attached hydrogens (tertiary/aromatic N) is 4. The van der Waals surface area contributed by atoms with Crippen molar-refractivity contribution < 1.29 is 9.53 Å². The van der Waals surface area contributed by atoms with Gasteiger partial charge in [-0.25, -0.2) is 9.78 Å². The Bertz CT molecular complexity index is 789. The van der Waals surface area contributed by atoms with Crippen molar-refractivity contribution >= 4 is 28.4 Å². The maximum absolute atomic E-state index is 11.9. The average molecular weight is 358 g/mol. The second-order valence-corrected chi connectivity index (χ2v) is 7.67. The number of carbonyl (C=O) groups is 1. The minimum atomic E-state index is -0.238. The Hall–Kier alpha value is -2.15. The Morgan fingerprint density at radius 2 is 2.20 bits per heavy atom. The van der Waals surface area contributed by atoms with Crippen molar-refractivity contribution in [3.8, 4) is 0 Å². The number of fused-ring (bicyclic) bond motifs is 1. The molecule has 132 valence electrons. The number of ether oxygens (including phenoxy) is 1. The Morgan fingerprint density at radius 3 is 2.96 bits per heavy atom. The van der Waals surface area contributed by atoms with Crippen LogP contribution in [0.25, 0.3) is 0 Å². The number of rotatable bonds is 4. The molecule has 1 saturated heterocycles. The van der Waals surface area contributed by atoms with Gasteiger partial charge in [-0.3, -0.25) is 4.90 Å². The fourth-order valence-electron chi connectivity index (χ4n) is 3.44. The highest BCUT2D eigenvalue weighted by atomic mass is 32.1. The summed E-state index contributed by atoms with van der Waals surface area (Å²) in [6.07, 6.45) is 1.58. The molecule has 0 bridgehead atoms. The molecule has 2 aromatic rings. The molecule has 0 N–H and O–H groups in total. The molecule has 2 aliphatic rings. The van der Waals surface area contributed by atoms with E-state index in [1.807, 2.05) is 12.1 Å². The van der Waals surface area contributed by atoms with Gasteiger partial charge in [0.2, 0.25) is 5.13 Å². The molecule has 1 amide bonds. The minimum absolute atomic E-state index is 0.238. The van der Waals surface area contributed by atoms with Gasteiger partial charge < -0.3 is 9.64 Å². The zero-order chi connectivity index (χ0) is 17.4. The van der Waals surface area contributed by atoms with Crippen LogP contribution in [-0.2, 0) is 24.1 Å². The maximum atomic E-state index is 11.9. The van der Waals surface area contributed by atoms with Crippen LogP contribution in [0.2, 0.25) is 0 Å². The van der Waals surface area contributed by atoms with Gasteiger partial charge in [0.25, 0.3) is 0 Å². The van der Waals surface area contributed by atoms with Crippen LogP contribution >= 0.6 is 11.5 Å². The highest BCUT2D eigenvalue weighted by Crippen LogP contribution is 2.33. The molecular formula is C18H22N4O2S. The molecule has 0 atom stereocenters. The zero-order valence-corrected chi connectivity index (χ0v) is 15.4. The number of carbonyl (C=O) groups excluding carboxylic acids is 1. The lowest BCUT2D eigenvalue weighted by Crippen LogP contribution is -2.33. The van der Waals surface area contributed by atoms with E-state index in [0.717, 1.165) is 42.6 Å². The summed E-state index contributed by atoms with van der Waals surface area (Å²) >= 11 is 1.48. The van der Waals surface area contributed by atoms with Crippen molar-refractivity contribution in [2.24, 2.45) is 5.92 Å². The molecule has 3 heterocycles. The number of aromatic nitrogens is 2. The molecule has 0 aliphatic carbocycles. The number of cyclic esters (lactones) is 1. The molecule has 25 heavy (non-hydrogen) atoms. The van der Waals surface area contributed by atoms with E-state index in [4.69, 9.17) is 9.72 Å². The van der Waals surface area contributed by atoms with Crippen molar-refractivity contribution in [1.29, 1.82) is 0 Å². The second kappa shape index (κ2) is 6.63. The van der Waals surface area contributed by atoms with E-state index < -0.39 is 0 Å². The van der Waals surface area contributed by atoms with E-state index in [-0.39, 0.29) is 6.09 Å². The molecule has 0 spiro atoms. The van der Waals surface area contributed by atoms with Crippen LogP contribution in [0.1, 0.15) is 30.8 Å². The summed E-state index contributed by atoms with van der Waals surface area (Å²) in [5.41, 5.74) is 3.51. The van der Waals surface area contributed by atoms with Crippen LogP contribution in [0.3, 0.4) is 0 Å². The van der Waals surface area contributed by atoms with Crippen LogP contribution in [0.5, 0.6) is 0 Å². The van der Waals surface area contributed by atoms with Gasteiger partial charge in [-0.05, 0) is 29.5 Å². The van der Waals surface area contributed by atoms with Gasteiger partial charge in [-0.1, -0.05) is 26.0 Å². The van der Waals surface area contributed by atoms with Crippen molar-refractivity contribution in [3.05, 3.63) is 35.2 Å². The highest BCUT2D eigenvalue weighted by molar-refractivity contribution is 7.09. The first-order valence-electron chi connectivity index (χ1n) is 8.74. The molecule has 0 radical (unpaired) electrons. The number of hydrogen-bond acceptors (Lipinski definition) is 6. The summed E-state index contributed by atoms with van der Waals surface area (Å²) < 4.78 is 9.59. The van der Waals surface area contributed by atoms with E-state index in [1.54, 1.807) is 4.90 Å². The summed E-state index contributed by atoms with van der Waals surface area (Å²) in [4.78, 5) is 20.7. The molecule has 6 nitrogen and oxygen atoms in total. The first kappa shape index (κ1) is 16.3. The van der Waals surface area contributed by atoms with Crippen molar-refractivity contribution in [3.63, 3.8) is 0 Å². The largest absolute Gasteiger partial charge is 0.447 e. The van der Waals surface area contributed by atoms with Crippen LogP contribution in [-0.4, -0.2) is 35.1 Å². The molecule has 2 aliphatic heterocycles. The van der Waals surface area contributed by atoms with Gasteiger partial charge >= 0.3 is 6.09 Å². The smallest absolute Gasteiger partial charge is 0.414 e. The van der Waals surface area contributed by atoms with Gasteiger partial charge in [0.05, 0.1) is 12.2 Å². The predicted octanol–water partition coefficient (Wildman–Crippen LogP) is 3.26. The minimum Gasteiger partial charge on any atom is -0.447 e. The van der Waals surface area contributed by atoms with Crippen molar-refractivity contribution in [2.75, 3.05) is 29.5 Å². The third kappa shape index (κ3) is 3.20. The van der Waals surface area contributed by atoms with E-state index >= 15 is 0 Å². The maximum Gasteiger partial charge on any atom is 0.414 e. The second-order valence-electron chi connectivity index (χ2n) is 6.94. The topological polar surface area (TPSA) is 58.6 Å². The Kier molecular flexibility index (Phi) is 4.33. The summed E-state index contributed by atoms with van der Waals surface area (Å²) in [7, 11) is 0. The first-order valence-corrected chi connectivity index (χ1v) is 9.51. The van der Waals surface area contributed by atoms with Crippen LogP contribution in [0, 0.1) is 5.92 Å². The molecule has 0 unspecified atom stereocenters. The lowest BCUT2D eigenvalue weighted by Gasteiger charge is -2.30. The summed E-state index contributed by atoms with van der Waals surface area (Å²) in [5.74, 6) is 1.50. The molecule has 1 aromatic heterocycles. The van der Waals surface area contributed by atoms with Crippen LogP contribution in [0.4, 0.5) is 15.6 Å². The Balaban J connectivity index is 1.56.